The molecular formula is C24H29NO3. The molecule has 0 amide bonds. The fourth-order valence-electron chi connectivity index (χ4n) is 2.87. The van der Waals surface area contributed by atoms with Crippen LogP contribution in [0.1, 0.15) is 62.7 Å². The van der Waals surface area contributed by atoms with Gasteiger partial charge in [0.05, 0.1) is 12.2 Å². The predicted molar refractivity (Wildman–Crippen MR) is 111 cm³/mol. The quantitative estimate of drug-likeness (QED) is 0.346. The highest BCUT2D eigenvalue weighted by atomic mass is 16.5. The number of benzene rings is 2. The first kappa shape index (κ1) is 21.5. The van der Waals surface area contributed by atoms with Gasteiger partial charge in [-0.2, -0.15) is 5.26 Å². The number of hydrogen-bond acceptors (Lipinski definition) is 4. The van der Waals surface area contributed by atoms with Gasteiger partial charge < -0.3 is 9.47 Å². The number of esters is 1. The molecule has 2 rings (SSSR count). The van der Waals surface area contributed by atoms with Gasteiger partial charge in [0.1, 0.15) is 11.8 Å². The normalized spacial score (nSPS) is 11.5. The highest BCUT2D eigenvalue weighted by Crippen LogP contribution is 2.23. The van der Waals surface area contributed by atoms with E-state index >= 15 is 0 Å². The summed E-state index contributed by atoms with van der Waals surface area (Å²) in [5.74, 6) is 0.391. The van der Waals surface area contributed by atoms with Crippen molar-refractivity contribution in [1.82, 2.24) is 0 Å². The van der Waals surface area contributed by atoms with Crippen LogP contribution in [-0.4, -0.2) is 18.7 Å². The molecule has 0 fully saturated rings. The molecule has 4 heteroatoms. The summed E-state index contributed by atoms with van der Waals surface area (Å²) in [6, 6.07) is 17.0. The highest BCUT2D eigenvalue weighted by molar-refractivity contribution is 5.90. The van der Waals surface area contributed by atoms with Gasteiger partial charge in [-0.05, 0) is 48.7 Å². The molecule has 1 atom stereocenters. The van der Waals surface area contributed by atoms with Crippen molar-refractivity contribution in [2.45, 2.75) is 58.5 Å². The Morgan fingerprint density at radius 2 is 1.50 bits per heavy atom. The van der Waals surface area contributed by atoms with E-state index in [9.17, 15) is 4.79 Å². The first-order chi connectivity index (χ1) is 13.6. The van der Waals surface area contributed by atoms with Crippen molar-refractivity contribution in [3.63, 3.8) is 0 Å². The Morgan fingerprint density at radius 1 is 0.929 bits per heavy atom. The second-order valence-electron chi connectivity index (χ2n) is 6.89. The fourth-order valence-corrected chi connectivity index (χ4v) is 2.87. The van der Waals surface area contributed by atoms with Crippen molar-refractivity contribution < 1.29 is 14.3 Å². The first-order valence-electron chi connectivity index (χ1n) is 10.1. The summed E-state index contributed by atoms with van der Waals surface area (Å²) in [4.78, 5) is 11.9. The zero-order chi connectivity index (χ0) is 20.2. The maximum atomic E-state index is 11.9. The van der Waals surface area contributed by atoms with Gasteiger partial charge in [-0.3, -0.25) is 0 Å². The van der Waals surface area contributed by atoms with Gasteiger partial charge in [-0.1, -0.05) is 63.3 Å². The SMILES string of the molecule is CCCCCCCCOc1ccc(-c2ccc(C(=O)O[C@H](C)C#N)cc2)cc1. The summed E-state index contributed by atoms with van der Waals surface area (Å²) in [6.07, 6.45) is 6.76. The molecule has 2 aromatic rings. The Labute approximate surface area is 168 Å². The Hall–Kier alpha value is -2.80. The van der Waals surface area contributed by atoms with Crippen LogP contribution in [0.15, 0.2) is 48.5 Å². The maximum absolute atomic E-state index is 11.9. The van der Waals surface area contributed by atoms with Crippen LogP contribution in [0, 0.1) is 11.3 Å². The first-order valence-corrected chi connectivity index (χ1v) is 10.1. The van der Waals surface area contributed by atoms with Crippen molar-refractivity contribution in [3.05, 3.63) is 54.1 Å². The molecule has 0 aliphatic heterocycles. The molecule has 0 aliphatic rings. The third kappa shape index (κ3) is 7.08. The Morgan fingerprint density at radius 3 is 2.11 bits per heavy atom. The van der Waals surface area contributed by atoms with Crippen molar-refractivity contribution in [3.8, 4) is 22.9 Å². The van der Waals surface area contributed by atoms with Crippen molar-refractivity contribution in [1.29, 1.82) is 5.26 Å². The number of nitriles is 1. The van der Waals surface area contributed by atoms with Crippen LogP contribution >= 0.6 is 0 Å². The highest BCUT2D eigenvalue weighted by Gasteiger charge is 2.11. The van der Waals surface area contributed by atoms with E-state index in [-0.39, 0.29) is 0 Å². The Kier molecular flexibility index (Phi) is 9.07. The van der Waals surface area contributed by atoms with Crippen molar-refractivity contribution >= 4 is 5.97 Å². The average molecular weight is 380 g/mol. The lowest BCUT2D eigenvalue weighted by Gasteiger charge is -2.09. The smallest absolute Gasteiger partial charge is 0.339 e. The van der Waals surface area contributed by atoms with Gasteiger partial charge >= 0.3 is 5.97 Å². The van der Waals surface area contributed by atoms with Crippen LogP contribution in [0.2, 0.25) is 0 Å². The number of ether oxygens (including phenoxy) is 2. The van der Waals surface area contributed by atoms with Crippen molar-refractivity contribution in [2.75, 3.05) is 6.61 Å². The van der Waals surface area contributed by atoms with Gasteiger partial charge in [-0.25, -0.2) is 4.79 Å². The molecule has 0 aromatic heterocycles. The summed E-state index contributed by atoms with van der Waals surface area (Å²) in [7, 11) is 0. The van der Waals surface area contributed by atoms with Gasteiger partial charge in [0.15, 0.2) is 6.10 Å². The van der Waals surface area contributed by atoms with E-state index in [1.165, 1.54) is 32.1 Å². The summed E-state index contributed by atoms with van der Waals surface area (Å²) < 4.78 is 10.8. The molecule has 0 N–H and O–H groups in total. The number of nitrogens with zero attached hydrogens (tertiary/aromatic N) is 1. The third-order valence-corrected chi connectivity index (χ3v) is 4.54. The zero-order valence-electron chi connectivity index (χ0n) is 16.8. The van der Waals surface area contributed by atoms with Gasteiger partial charge in [0, 0.05) is 0 Å². The molecule has 0 saturated heterocycles. The summed E-state index contributed by atoms with van der Waals surface area (Å²) in [5.41, 5.74) is 2.49. The molecule has 0 saturated carbocycles. The number of unbranched alkanes of at least 4 members (excludes halogenated alkanes) is 5. The average Bonchev–Trinajstić information content (AvgIpc) is 2.73. The summed E-state index contributed by atoms with van der Waals surface area (Å²) in [6.45, 7) is 4.53. The second kappa shape index (κ2) is 11.8. The molecule has 4 nitrogen and oxygen atoms in total. The molecule has 0 bridgehead atoms. The van der Waals surface area contributed by atoms with E-state index in [0.29, 0.717) is 5.56 Å². The topological polar surface area (TPSA) is 59.3 Å². The number of hydrogen-bond donors (Lipinski definition) is 0. The minimum Gasteiger partial charge on any atom is -0.494 e. The zero-order valence-corrected chi connectivity index (χ0v) is 16.8. The lowest BCUT2D eigenvalue weighted by molar-refractivity contribution is 0.0435. The summed E-state index contributed by atoms with van der Waals surface area (Å²) >= 11 is 0. The lowest BCUT2D eigenvalue weighted by atomic mass is 10.0. The Balaban J connectivity index is 1.82. The number of rotatable bonds is 11. The monoisotopic (exact) mass is 379 g/mol. The number of carbonyl (C=O) groups is 1. The van der Waals surface area contributed by atoms with E-state index in [4.69, 9.17) is 14.7 Å². The van der Waals surface area contributed by atoms with E-state index in [1.807, 2.05) is 42.5 Å². The van der Waals surface area contributed by atoms with Gasteiger partial charge in [-0.15, -0.1) is 0 Å². The van der Waals surface area contributed by atoms with E-state index in [2.05, 4.69) is 6.92 Å². The van der Waals surface area contributed by atoms with Gasteiger partial charge in [0.2, 0.25) is 0 Å². The molecule has 0 radical (unpaired) electrons. The molecule has 0 spiro atoms. The molecule has 148 valence electrons. The van der Waals surface area contributed by atoms with E-state index in [0.717, 1.165) is 29.9 Å². The summed E-state index contributed by atoms with van der Waals surface area (Å²) in [5, 5.41) is 8.72. The largest absolute Gasteiger partial charge is 0.494 e. The van der Waals surface area contributed by atoms with Gasteiger partial charge in [0.25, 0.3) is 0 Å². The minimum atomic E-state index is -0.754. The van der Waals surface area contributed by atoms with Crippen LogP contribution in [0.4, 0.5) is 0 Å². The molecule has 0 aliphatic carbocycles. The van der Waals surface area contributed by atoms with Crippen LogP contribution in [0.25, 0.3) is 11.1 Å². The second-order valence-corrected chi connectivity index (χ2v) is 6.89. The van der Waals surface area contributed by atoms with Crippen molar-refractivity contribution in [2.24, 2.45) is 0 Å². The standard InChI is InChI=1S/C24H29NO3/c1-3-4-5-6-7-8-17-27-23-15-13-21(14-16-23)20-9-11-22(12-10-20)24(26)28-19(2)18-25/h9-16,19H,3-8,17H2,1-2H3/t19-/m1/s1. The predicted octanol–water partition coefficient (Wildman–Crippen LogP) is 6.16. The Bertz CT molecular complexity index is 760. The molecule has 28 heavy (non-hydrogen) atoms. The molecular weight excluding hydrogens is 350 g/mol. The molecule has 2 aromatic carbocycles. The molecule has 0 unspecified atom stereocenters. The lowest BCUT2D eigenvalue weighted by Crippen LogP contribution is -2.12. The number of carbonyl (C=O) groups excluding carboxylic acids is 1. The van der Waals surface area contributed by atoms with Crippen LogP contribution in [-0.2, 0) is 4.74 Å². The van der Waals surface area contributed by atoms with Crippen LogP contribution in [0.3, 0.4) is 0 Å². The van der Waals surface area contributed by atoms with Crippen LogP contribution in [0.5, 0.6) is 5.75 Å². The van der Waals surface area contributed by atoms with E-state index in [1.54, 1.807) is 19.1 Å². The third-order valence-electron chi connectivity index (χ3n) is 4.54. The minimum absolute atomic E-state index is 0.435. The maximum Gasteiger partial charge on any atom is 0.339 e. The fraction of sp³-hybridized carbons (Fsp3) is 0.417. The van der Waals surface area contributed by atoms with E-state index < -0.39 is 12.1 Å². The van der Waals surface area contributed by atoms with Crippen LogP contribution < -0.4 is 4.74 Å². The molecule has 0 heterocycles.